The number of carbonyl (C=O) groups excluding carboxylic acids is 2. The van der Waals surface area contributed by atoms with Crippen molar-refractivity contribution in [1.82, 2.24) is 14.8 Å². The maximum Gasteiger partial charge on any atom is 0.242 e. The zero-order chi connectivity index (χ0) is 21.8. The molecule has 2 aromatic rings. The molecule has 30 heavy (non-hydrogen) atoms. The number of nitrogens with one attached hydrogen (secondary N) is 1. The first-order valence-corrected chi connectivity index (χ1v) is 10.3. The Morgan fingerprint density at radius 2 is 1.67 bits per heavy atom. The molecule has 1 aliphatic heterocycles. The lowest BCUT2D eigenvalue weighted by Gasteiger charge is -2.36. The van der Waals surface area contributed by atoms with Crippen LogP contribution in [-0.4, -0.2) is 48.6 Å². The Bertz CT molecular complexity index is 915. The van der Waals surface area contributed by atoms with Crippen LogP contribution in [0.15, 0.2) is 24.3 Å². The van der Waals surface area contributed by atoms with Gasteiger partial charge < -0.3 is 24.3 Å². The lowest BCUT2D eigenvalue weighted by Crippen LogP contribution is -2.51. The number of nitrogens with zero attached hydrogens (tertiary/aromatic N) is 2. The van der Waals surface area contributed by atoms with Gasteiger partial charge in [0.15, 0.2) is 11.5 Å². The van der Waals surface area contributed by atoms with E-state index in [1.165, 1.54) is 11.4 Å². The molecular weight excluding hydrogens is 382 g/mol. The van der Waals surface area contributed by atoms with Gasteiger partial charge in [0, 0.05) is 44.4 Å². The highest BCUT2D eigenvalue weighted by Crippen LogP contribution is 2.35. The predicted octanol–water partition coefficient (Wildman–Crippen LogP) is 2.60. The molecule has 1 aliphatic rings. The van der Waals surface area contributed by atoms with Gasteiger partial charge in [-0.15, -0.1) is 0 Å². The van der Waals surface area contributed by atoms with Crippen molar-refractivity contribution in [2.45, 2.75) is 52.2 Å². The molecule has 1 aromatic carbocycles. The summed E-state index contributed by atoms with van der Waals surface area (Å²) in [4.78, 5) is 27.3. The van der Waals surface area contributed by atoms with Crippen molar-refractivity contribution >= 4 is 11.8 Å². The maximum absolute atomic E-state index is 13.1. The number of rotatable bonds is 7. The van der Waals surface area contributed by atoms with E-state index in [1.807, 2.05) is 12.1 Å². The molecule has 0 bridgehead atoms. The molecule has 1 aromatic heterocycles. The van der Waals surface area contributed by atoms with Crippen LogP contribution in [0.1, 0.15) is 35.4 Å². The summed E-state index contributed by atoms with van der Waals surface area (Å²) in [6.45, 7) is 5.31. The van der Waals surface area contributed by atoms with Crippen LogP contribution in [0.4, 0.5) is 0 Å². The number of methoxy groups -OCH3 is 2. The second-order valence-corrected chi connectivity index (χ2v) is 7.70. The average Bonchev–Trinajstić information content (AvgIpc) is 3.08. The van der Waals surface area contributed by atoms with Crippen LogP contribution in [0.3, 0.4) is 0 Å². The Hall–Kier alpha value is -2.96. The molecule has 0 aliphatic carbocycles. The molecule has 162 valence electrons. The summed E-state index contributed by atoms with van der Waals surface area (Å²) < 4.78 is 13.0. The fraction of sp³-hybridized carbons (Fsp3) is 0.478. The van der Waals surface area contributed by atoms with E-state index in [1.54, 1.807) is 26.2 Å². The van der Waals surface area contributed by atoms with Crippen molar-refractivity contribution in [3.05, 3.63) is 46.8 Å². The standard InChI is InChI=1S/C23H31N3O4/c1-15-8-9-16(2)25(15)10-6-7-22(27)26-14-18-13-21(30-5)20(29-4)12-17(18)11-19(26)23(28)24-3/h8-9,12-13,19H,6-7,10-11,14H2,1-5H3,(H,24,28)/t19-/m0/s1. The quantitative estimate of drug-likeness (QED) is 0.757. The summed E-state index contributed by atoms with van der Waals surface area (Å²) in [5.74, 6) is 1.09. The first-order valence-electron chi connectivity index (χ1n) is 10.3. The Balaban J connectivity index is 1.77. The molecule has 2 amide bonds. The SMILES string of the molecule is CNC(=O)[C@@H]1Cc2cc(OC)c(OC)cc2CN1C(=O)CCCn1c(C)ccc1C. The van der Waals surface area contributed by atoms with E-state index in [9.17, 15) is 9.59 Å². The summed E-state index contributed by atoms with van der Waals surface area (Å²) in [5, 5.41) is 2.70. The Morgan fingerprint density at radius 1 is 1.07 bits per heavy atom. The Morgan fingerprint density at radius 3 is 2.23 bits per heavy atom. The zero-order valence-corrected chi connectivity index (χ0v) is 18.4. The molecule has 0 fully saturated rings. The molecule has 0 radical (unpaired) electrons. The number of likely N-dealkylation sites (N-methyl/N-ethyl adjacent to an activating group) is 1. The van der Waals surface area contributed by atoms with Crippen molar-refractivity contribution in [2.75, 3.05) is 21.3 Å². The zero-order valence-electron chi connectivity index (χ0n) is 18.4. The number of hydrogen-bond donors (Lipinski definition) is 1. The van der Waals surface area contributed by atoms with Gasteiger partial charge in [0.25, 0.3) is 0 Å². The largest absolute Gasteiger partial charge is 0.493 e. The highest BCUT2D eigenvalue weighted by molar-refractivity contribution is 5.88. The van der Waals surface area contributed by atoms with Gasteiger partial charge in [0.2, 0.25) is 11.8 Å². The summed E-state index contributed by atoms with van der Waals surface area (Å²) in [7, 11) is 4.79. The molecule has 2 heterocycles. The van der Waals surface area contributed by atoms with E-state index in [-0.39, 0.29) is 11.8 Å². The third-order valence-corrected chi connectivity index (χ3v) is 5.89. The molecule has 0 saturated heterocycles. The fourth-order valence-corrected chi connectivity index (χ4v) is 4.16. The average molecular weight is 414 g/mol. The van der Waals surface area contributed by atoms with Crippen LogP contribution in [0, 0.1) is 13.8 Å². The van der Waals surface area contributed by atoms with Gasteiger partial charge in [-0.25, -0.2) is 0 Å². The lowest BCUT2D eigenvalue weighted by atomic mass is 9.92. The monoisotopic (exact) mass is 413 g/mol. The fourth-order valence-electron chi connectivity index (χ4n) is 4.16. The summed E-state index contributed by atoms with van der Waals surface area (Å²) in [6, 6.07) is 7.46. The normalized spacial score (nSPS) is 15.5. The van der Waals surface area contributed by atoms with E-state index in [2.05, 4.69) is 35.9 Å². The number of fused-ring (bicyclic) bond motifs is 1. The van der Waals surface area contributed by atoms with Crippen molar-refractivity contribution in [3.8, 4) is 11.5 Å². The van der Waals surface area contributed by atoms with Crippen LogP contribution in [0.25, 0.3) is 0 Å². The van der Waals surface area contributed by atoms with Crippen molar-refractivity contribution in [1.29, 1.82) is 0 Å². The van der Waals surface area contributed by atoms with Gasteiger partial charge >= 0.3 is 0 Å². The number of aryl methyl sites for hydroxylation is 2. The summed E-state index contributed by atoms with van der Waals surface area (Å²) >= 11 is 0. The third-order valence-electron chi connectivity index (χ3n) is 5.89. The minimum Gasteiger partial charge on any atom is -0.493 e. The van der Waals surface area contributed by atoms with Gasteiger partial charge in [0.05, 0.1) is 14.2 Å². The minimum absolute atomic E-state index is 0.00787. The number of benzene rings is 1. The smallest absolute Gasteiger partial charge is 0.242 e. The van der Waals surface area contributed by atoms with Gasteiger partial charge in [-0.3, -0.25) is 9.59 Å². The van der Waals surface area contributed by atoms with Crippen LogP contribution in [0.2, 0.25) is 0 Å². The Labute approximate surface area is 178 Å². The molecule has 1 atom stereocenters. The van der Waals surface area contributed by atoms with E-state index in [4.69, 9.17) is 9.47 Å². The number of ether oxygens (including phenoxy) is 2. The first kappa shape index (κ1) is 21.7. The van der Waals surface area contributed by atoms with Gasteiger partial charge in [-0.2, -0.15) is 0 Å². The van der Waals surface area contributed by atoms with Gasteiger partial charge in [-0.1, -0.05) is 0 Å². The van der Waals surface area contributed by atoms with E-state index in [0.717, 1.165) is 24.1 Å². The maximum atomic E-state index is 13.1. The molecule has 7 nitrogen and oxygen atoms in total. The molecule has 1 N–H and O–H groups in total. The molecule has 0 unspecified atom stereocenters. The number of carbonyl (C=O) groups is 2. The van der Waals surface area contributed by atoms with Gasteiger partial charge in [0.1, 0.15) is 6.04 Å². The highest BCUT2D eigenvalue weighted by Gasteiger charge is 2.34. The molecule has 7 heteroatoms. The highest BCUT2D eigenvalue weighted by atomic mass is 16.5. The molecular formula is C23H31N3O4. The number of aromatic nitrogens is 1. The van der Waals surface area contributed by atoms with Crippen LogP contribution < -0.4 is 14.8 Å². The Kier molecular flexibility index (Phi) is 6.70. The third kappa shape index (κ3) is 4.30. The summed E-state index contributed by atoms with van der Waals surface area (Å²) in [6.07, 6.45) is 1.58. The number of amides is 2. The second-order valence-electron chi connectivity index (χ2n) is 7.70. The van der Waals surface area contributed by atoms with Crippen molar-refractivity contribution in [2.24, 2.45) is 0 Å². The topological polar surface area (TPSA) is 72.8 Å². The minimum atomic E-state index is -0.525. The molecule has 3 rings (SSSR count). The summed E-state index contributed by atoms with van der Waals surface area (Å²) in [5.41, 5.74) is 4.37. The van der Waals surface area contributed by atoms with Crippen LogP contribution in [-0.2, 0) is 29.1 Å². The van der Waals surface area contributed by atoms with E-state index in [0.29, 0.717) is 30.9 Å². The van der Waals surface area contributed by atoms with E-state index < -0.39 is 6.04 Å². The van der Waals surface area contributed by atoms with Crippen molar-refractivity contribution < 1.29 is 19.1 Å². The molecule has 0 spiro atoms. The first-order chi connectivity index (χ1) is 14.4. The number of hydrogen-bond acceptors (Lipinski definition) is 4. The van der Waals surface area contributed by atoms with Crippen molar-refractivity contribution in [3.63, 3.8) is 0 Å². The molecule has 0 saturated carbocycles. The second kappa shape index (κ2) is 9.24. The van der Waals surface area contributed by atoms with Crippen LogP contribution in [0.5, 0.6) is 11.5 Å². The van der Waals surface area contributed by atoms with Crippen LogP contribution >= 0.6 is 0 Å². The van der Waals surface area contributed by atoms with Gasteiger partial charge in [-0.05, 0) is 55.7 Å². The predicted molar refractivity (Wildman–Crippen MR) is 115 cm³/mol. The lowest BCUT2D eigenvalue weighted by molar-refractivity contribution is -0.141. The van der Waals surface area contributed by atoms with E-state index >= 15 is 0 Å².